The topological polar surface area (TPSA) is 33.2 Å². The molecule has 1 aliphatic carbocycles. The molecule has 7 heteroatoms. The number of aromatic nitrogens is 1. The number of halogens is 4. The quantitative estimate of drug-likeness (QED) is 0.435. The highest BCUT2D eigenvalue weighted by molar-refractivity contribution is 9.10. The number of nitrogens with zero attached hydrogens (tertiary/aromatic N) is 2. The van der Waals surface area contributed by atoms with Crippen molar-refractivity contribution in [1.29, 1.82) is 0 Å². The fraction of sp³-hybridized carbons (Fsp3) is 0.429. The highest BCUT2D eigenvalue weighted by Gasteiger charge is 2.35. The lowest BCUT2D eigenvalue weighted by Gasteiger charge is -2.36. The van der Waals surface area contributed by atoms with Crippen molar-refractivity contribution in [1.82, 2.24) is 9.88 Å². The van der Waals surface area contributed by atoms with E-state index in [4.69, 9.17) is 28.2 Å². The molecule has 3 nitrogen and oxygen atoms in total. The van der Waals surface area contributed by atoms with E-state index in [0.717, 1.165) is 52.7 Å². The first-order chi connectivity index (χ1) is 13.5. The van der Waals surface area contributed by atoms with Crippen LogP contribution in [0.15, 0.2) is 33.3 Å². The largest absolute Gasteiger partial charge is 0.342 e. The summed E-state index contributed by atoms with van der Waals surface area (Å²) in [6.07, 6.45) is 5.66. The van der Waals surface area contributed by atoms with Crippen LogP contribution in [0.1, 0.15) is 41.1 Å². The van der Waals surface area contributed by atoms with Crippen molar-refractivity contribution in [3.05, 3.63) is 60.7 Å². The molecule has 0 bridgehead atoms. The van der Waals surface area contributed by atoms with Crippen LogP contribution < -0.4 is 0 Å². The number of hydrogen-bond acceptors (Lipinski definition) is 2. The predicted molar refractivity (Wildman–Crippen MR) is 120 cm³/mol. The molecular weight excluding hydrogens is 527 g/mol. The van der Waals surface area contributed by atoms with E-state index in [9.17, 15) is 4.79 Å². The molecule has 1 aliphatic heterocycles. The standard InChI is InChI=1S/C21H20Br2Cl2N2O/c22-14-9-13-1-2-16-15(3-4-17(25)20(16)23)19(21(13)26-11-14)12-5-7-27(8-6-12)18(28)10-24/h3-4,9,11-12,19H,1-2,5-8,10H2. The summed E-state index contributed by atoms with van der Waals surface area (Å²) in [4.78, 5) is 18.7. The number of likely N-dealkylation sites (tertiary alicyclic amines) is 1. The maximum Gasteiger partial charge on any atom is 0.237 e. The molecule has 2 heterocycles. The number of rotatable bonds is 2. The minimum absolute atomic E-state index is 0.0263. The van der Waals surface area contributed by atoms with Crippen LogP contribution in [0.3, 0.4) is 0 Å². The molecule has 2 aliphatic rings. The SMILES string of the molecule is O=C(CCl)N1CCC(C2c3ccc(Cl)c(Br)c3CCc3cc(Br)cnc32)CC1. The Morgan fingerprint density at radius 1 is 1.21 bits per heavy atom. The molecule has 1 fully saturated rings. The third kappa shape index (κ3) is 3.88. The summed E-state index contributed by atoms with van der Waals surface area (Å²) < 4.78 is 2.01. The number of hydrogen-bond donors (Lipinski definition) is 0. The Hall–Kier alpha value is -0.620. The van der Waals surface area contributed by atoms with Crippen LogP contribution in [-0.2, 0) is 17.6 Å². The van der Waals surface area contributed by atoms with Crippen LogP contribution in [0.4, 0.5) is 0 Å². The van der Waals surface area contributed by atoms with E-state index in [-0.39, 0.29) is 17.7 Å². The van der Waals surface area contributed by atoms with Gasteiger partial charge in [0, 0.05) is 34.1 Å². The lowest BCUT2D eigenvalue weighted by molar-refractivity contribution is -0.129. The van der Waals surface area contributed by atoms with Crippen LogP contribution in [0, 0.1) is 5.92 Å². The molecule has 2 aromatic rings. The van der Waals surface area contributed by atoms with Gasteiger partial charge in [0.15, 0.2) is 0 Å². The van der Waals surface area contributed by atoms with E-state index in [1.165, 1.54) is 22.4 Å². The fourth-order valence-corrected chi connectivity index (χ4v) is 5.86. The van der Waals surface area contributed by atoms with Gasteiger partial charge in [0.1, 0.15) is 5.88 Å². The molecule has 1 aromatic carbocycles. The number of pyridine rings is 1. The van der Waals surface area contributed by atoms with Gasteiger partial charge in [-0.05, 0) is 92.3 Å². The number of piperidine rings is 1. The zero-order chi connectivity index (χ0) is 19.8. The molecule has 1 saturated heterocycles. The number of amides is 1. The molecule has 1 unspecified atom stereocenters. The summed E-state index contributed by atoms with van der Waals surface area (Å²) in [5.74, 6) is 0.721. The molecule has 0 N–H and O–H groups in total. The normalized spacial score (nSPS) is 19.7. The monoisotopic (exact) mass is 544 g/mol. The second-order valence-electron chi connectivity index (χ2n) is 7.46. The number of carbonyl (C=O) groups is 1. The summed E-state index contributed by atoms with van der Waals surface area (Å²) in [5, 5.41) is 0.750. The van der Waals surface area contributed by atoms with E-state index < -0.39 is 0 Å². The highest BCUT2D eigenvalue weighted by Crippen LogP contribution is 2.45. The molecule has 0 spiro atoms. The predicted octanol–water partition coefficient (Wildman–Crippen LogP) is 5.97. The Balaban J connectivity index is 1.75. The van der Waals surface area contributed by atoms with E-state index in [1.807, 2.05) is 17.2 Å². The number of aryl methyl sites for hydroxylation is 1. The van der Waals surface area contributed by atoms with Gasteiger partial charge in [0.25, 0.3) is 0 Å². The molecule has 1 aromatic heterocycles. The zero-order valence-electron chi connectivity index (χ0n) is 15.2. The smallest absolute Gasteiger partial charge is 0.237 e. The van der Waals surface area contributed by atoms with Gasteiger partial charge in [-0.1, -0.05) is 17.7 Å². The van der Waals surface area contributed by atoms with Crippen molar-refractivity contribution in [2.45, 2.75) is 31.6 Å². The third-order valence-electron chi connectivity index (χ3n) is 5.95. The summed E-state index contributed by atoms with van der Waals surface area (Å²) >= 11 is 19.5. The molecule has 0 saturated carbocycles. The molecule has 1 amide bonds. The van der Waals surface area contributed by atoms with Crippen LogP contribution in [0.25, 0.3) is 0 Å². The summed E-state index contributed by atoms with van der Waals surface area (Å²) in [6, 6.07) is 6.35. The van der Waals surface area contributed by atoms with E-state index in [0.29, 0.717) is 5.92 Å². The Bertz CT molecular complexity index is 914. The van der Waals surface area contributed by atoms with E-state index in [2.05, 4.69) is 44.0 Å². The summed E-state index contributed by atoms with van der Waals surface area (Å²) in [7, 11) is 0. The van der Waals surface area contributed by atoms with Crippen molar-refractivity contribution < 1.29 is 4.79 Å². The van der Waals surface area contributed by atoms with Gasteiger partial charge in [0.05, 0.1) is 10.7 Å². The highest BCUT2D eigenvalue weighted by atomic mass is 79.9. The van der Waals surface area contributed by atoms with Gasteiger partial charge in [-0.15, -0.1) is 11.6 Å². The van der Waals surface area contributed by atoms with Crippen molar-refractivity contribution in [3.63, 3.8) is 0 Å². The minimum Gasteiger partial charge on any atom is -0.342 e. The number of carbonyl (C=O) groups excluding carboxylic acids is 1. The van der Waals surface area contributed by atoms with Crippen LogP contribution >= 0.6 is 55.1 Å². The first kappa shape index (κ1) is 20.6. The second-order valence-corrected chi connectivity index (χ2v) is 9.84. The zero-order valence-corrected chi connectivity index (χ0v) is 19.9. The average molecular weight is 547 g/mol. The first-order valence-corrected chi connectivity index (χ1v) is 11.9. The molecule has 0 radical (unpaired) electrons. The van der Waals surface area contributed by atoms with Gasteiger partial charge < -0.3 is 4.90 Å². The molecule has 4 rings (SSSR count). The van der Waals surface area contributed by atoms with Gasteiger partial charge in [-0.2, -0.15) is 0 Å². The maximum absolute atomic E-state index is 12.0. The van der Waals surface area contributed by atoms with Crippen LogP contribution in [-0.4, -0.2) is 34.8 Å². The van der Waals surface area contributed by atoms with Gasteiger partial charge in [-0.3, -0.25) is 9.78 Å². The summed E-state index contributed by atoms with van der Waals surface area (Å²) in [6.45, 7) is 1.51. The fourth-order valence-electron chi connectivity index (χ4n) is 4.58. The van der Waals surface area contributed by atoms with Crippen molar-refractivity contribution in [2.24, 2.45) is 5.92 Å². The van der Waals surface area contributed by atoms with Gasteiger partial charge >= 0.3 is 0 Å². The third-order valence-corrected chi connectivity index (χ3v) is 8.06. The molecule has 1 atom stereocenters. The Morgan fingerprint density at radius 3 is 2.68 bits per heavy atom. The molecule has 148 valence electrons. The van der Waals surface area contributed by atoms with Crippen LogP contribution in [0.5, 0.6) is 0 Å². The number of benzene rings is 1. The van der Waals surface area contributed by atoms with Crippen molar-refractivity contribution in [2.75, 3.05) is 19.0 Å². The lowest BCUT2D eigenvalue weighted by Crippen LogP contribution is -2.40. The van der Waals surface area contributed by atoms with E-state index >= 15 is 0 Å². The maximum atomic E-state index is 12.0. The second kappa shape index (κ2) is 8.63. The Kier molecular flexibility index (Phi) is 6.36. The lowest BCUT2D eigenvalue weighted by atomic mass is 9.76. The Morgan fingerprint density at radius 2 is 1.96 bits per heavy atom. The number of fused-ring (bicyclic) bond motifs is 2. The van der Waals surface area contributed by atoms with E-state index in [1.54, 1.807) is 0 Å². The number of alkyl halides is 1. The first-order valence-electron chi connectivity index (χ1n) is 9.44. The van der Waals surface area contributed by atoms with Gasteiger partial charge in [-0.25, -0.2) is 0 Å². The average Bonchev–Trinajstić information content (AvgIpc) is 2.87. The van der Waals surface area contributed by atoms with Crippen molar-refractivity contribution >= 4 is 61.0 Å². The summed E-state index contributed by atoms with van der Waals surface area (Å²) in [5.41, 5.74) is 5.05. The molecule has 28 heavy (non-hydrogen) atoms. The van der Waals surface area contributed by atoms with Crippen molar-refractivity contribution in [3.8, 4) is 0 Å². The minimum atomic E-state index is 0.0263. The molecular formula is C21H20Br2Cl2N2O. The van der Waals surface area contributed by atoms with Gasteiger partial charge in [0.2, 0.25) is 5.91 Å². The Labute approximate surface area is 192 Å². The van der Waals surface area contributed by atoms with Crippen LogP contribution in [0.2, 0.25) is 5.02 Å².